The molecular weight excluding hydrogens is 254 g/mol. The van der Waals surface area contributed by atoms with Crippen LogP contribution in [0.2, 0.25) is 0 Å². The van der Waals surface area contributed by atoms with E-state index in [0.717, 1.165) is 29.2 Å². The molecule has 1 atom stereocenters. The van der Waals surface area contributed by atoms with E-state index in [1.807, 2.05) is 24.4 Å². The number of nitrogens with two attached hydrogens (primary N) is 1. The van der Waals surface area contributed by atoms with Gasteiger partial charge < -0.3 is 19.8 Å². The van der Waals surface area contributed by atoms with E-state index in [2.05, 4.69) is 16.5 Å². The fraction of sp³-hybridized carbons (Fsp3) is 0.400. The standard InChI is InChI=1S/C15H21N3O2/c1-4-13(16)14-8-17-10-18(14)9-11-5-6-12(19-2)7-15(11)20-3/h5-8,10,13H,4,9,16H2,1-3H3/t13-/m1/s1. The lowest BCUT2D eigenvalue weighted by atomic mass is 10.1. The smallest absolute Gasteiger partial charge is 0.127 e. The first kappa shape index (κ1) is 14.4. The van der Waals surface area contributed by atoms with E-state index in [4.69, 9.17) is 15.2 Å². The van der Waals surface area contributed by atoms with Gasteiger partial charge in [0, 0.05) is 23.9 Å². The van der Waals surface area contributed by atoms with Gasteiger partial charge in [-0.3, -0.25) is 0 Å². The molecule has 5 nitrogen and oxygen atoms in total. The fourth-order valence-corrected chi connectivity index (χ4v) is 2.15. The number of methoxy groups -OCH3 is 2. The van der Waals surface area contributed by atoms with Crippen LogP contribution in [0.15, 0.2) is 30.7 Å². The quantitative estimate of drug-likeness (QED) is 0.879. The summed E-state index contributed by atoms with van der Waals surface area (Å²) < 4.78 is 12.7. The summed E-state index contributed by atoms with van der Waals surface area (Å²) in [6, 6.07) is 5.81. The molecule has 1 aromatic heterocycles. The summed E-state index contributed by atoms with van der Waals surface area (Å²) in [5, 5.41) is 0. The molecule has 108 valence electrons. The Bertz CT molecular complexity index is 566. The van der Waals surface area contributed by atoms with Gasteiger partial charge in [-0.1, -0.05) is 6.92 Å². The van der Waals surface area contributed by atoms with Gasteiger partial charge in [-0.25, -0.2) is 4.98 Å². The van der Waals surface area contributed by atoms with Gasteiger partial charge in [-0.2, -0.15) is 0 Å². The minimum Gasteiger partial charge on any atom is -0.497 e. The van der Waals surface area contributed by atoms with Crippen LogP contribution in [-0.2, 0) is 6.54 Å². The summed E-state index contributed by atoms with van der Waals surface area (Å²) >= 11 is 0. The van der Waals surface area contributed by atoms with E-state index in [1.165, 1.54) is 0 Å². The Labute approximate surface area is 119 Å². The molecule has 0 aliphatic heterocycles. The monoisotopic (exact) mass is 275 g/mol. The van der Waals surface area contributed by atoms with Crippen molar-refractivity contribution < 1.29 is 9.47 Å². The zero-order valence-electron chi connectivity index (χ0n) is 12.2. The summed E-state index contributed by atoms with van der Waals surface area (Å²) in [5.74, 6) is 1.58. The number of aromatic nitrogens is 2. The largest absolute Gasteiger partial charge is 0.497 e. The summed E-state index contributed by atoms with van der Waals surface area (Å²) in [6.45, 7) is 2.74. The Hall–Kier alpha value is -2.01. The third-order valence-corrected chi connectivity index (χ3v) is 3.40. The van der Waals surface area contributed by atoms with Crippen LogP contribution in [0, 0.1) is 0 Å². The third-order valence-electron chi connectivity index (χ3n) is 3.40. The maximum Gasteiger partial charge on any atom is 0.127 e. The van der Waals surface area contributed by atoms with Crippen molar-refractivity contribution in [1.82, 2.24) is 9.55 Å². The van der Waals surface area contributed by atoms with E-state index in [-0.39, 0.29) is 6.04 Å². The number of benzene rings is 1. The maximum atomic E-state index is 6.10. The molecule has 0 aliphatic rings. The Morgan fingerprint density at radius 1 is 1.30 bits per heavy atom. The molecule has 0 radical (unpaired) electrons. The van der Waals surface area contributed by atoms with Crippen molar-refractivity contribution in [3.05, 3.63) is 42.0 Å². The van der Waals surface area contributed by atoms with E-state index >= 15 is 0 Å². The molecule has 0 amide bonds. The molecule has 1 aromatic carbocycles. The van der Waals surface area contributed by atoms with Crippen molar-refractivity contribution >= 4 is 0 Å². The highest BCUT2D eigenvalue weighted by atomic mass is 16.5. The number of hydrogen-bond acceptors (Lipinski definition) is 4. The van der Waals surface area contributed by atoms with Crippen molar-refractivity contribution in [2.45, 2.75) is 25.9 Å². The van der Waals surface area contributed by atoms with Crippen LogP contribution in [0.3, 0.4) is 0 Å². The topological polar surface area (TPSA) is 62.3 Å². The van der Waals surface area contributed by atoms with Gasteiger partial charge in [0.05, 0.1) is 32.8 Å². The normalized spacial score (nSPS) is 12.2. The molecule has 0 unspecified atom stereocenters. The van der Waals surface area contributed by atoms with Crippen molar-refractivity contribution in [3.8, 4) is 11.5 Å². The molecule has 2 N–H and O–H groups in total. The van der Waals surface area contributed by atoms with Gasteiger partial charge in [0.2, 0.25) is 0 Å². The van der Waals surface area contributed by atoms with Gasteiger partial charge >= 0.3 is 0 Å². The van der Waals surface area contributed by atoms with E-state index < -0.39 is 0 Å². The molecular formula is C15H21N3O2. The average molecular weight is 275 g/mol. The highest BCUT2D eigenvalue weighted by molar-refractivity contribution is 5.41. The summed E-state index contributed by atoms with van der Waals surface area (Å²) in [4.78, 5) is 4.19. The van der Waals surface area contributed by atoms with Crippen LogP contribution in [0.4, 0.5) is 0 Å². The van der Waals surface area contributed by atoms with E-state index in [9.17, 15) is 0 Å². The number of imidazole rings is 1. The number of hydrogen-bond donors (Lipinski definition) is 1. The summed E-state index contributed by atoms with van der Waals surface area (Å²) in [7, 11) is 3.30. The molecule has 0 fully saturated rings. The number of ether oxygens (including phenoxy) is 2. The van der Waals surface area contributed by atoms with Crippen molar-refractivity contribution in [1.29, 1.82) is 0 Å². The molecule has 5 heteroatoms. The average Bonchev–Trinajstić information content (AvgIpc) is 2.95. The first-order valence-corrected chi connectivity index (χ1v) is 6.66. The number of rotatable bonds is 6. The van der Waals surface area contributed by atoms with Gasteiger partial charge in [0.15, 0.2) is 0 Å². The Kier molecular flexibility index (Phi) is 4.63. The molecule has 0 bridgehead atoms. The predicted molar refractivity (Wildman–Crippen MR) is 78.1 cm³/mol. The first-order valence-electron chi connectivity index (χ1n) is 6.66. The first-order chi connectivity index (χ1) is 9.69. The molecule has 1 heterocycles. The minimum atomic E-state index is 0.00161. The highest BCUT2D eigenvalue weighted by Crippen LogP contribution is 2.26. The molecule has 20 heavy (non-hydrogen) atoms. The zero-order chi connectivity index (χ0) is 14.5. The molecule has 0 saturated heterocycles. The van der Waals surface area contributed by atoms with Crippen LogP contribution in [0.1, 0.15) is 30.6 Å². The van der Waals surface area contributed by atoms with Gasteiger partial charge in [-0.05, 0) is 18.6 Å². The second kappa shape index (κ2) is 6.43. The van der Waals surface area contributed by atoms with Crippen LogP contribution in [0.25, 0.3) is 0 Å². The predicted octanol–water partition coefficient (Wildman–Crippen LogP) is 2.36. The highest BCUT2D eigenvalue weighted by Gasteiger charge is 2.12. The molecule has 0 spiro atoms. The third kappa shape index (κ3) is 2.93. The second-order valence-corrected chi connectivity index (χ2v) is 4.64. The molecule has 2 rings (SSSR count). The lowest BCUT2D eigenvalue weighted by molar-refractivity contribution is 0.390. The lowest BCUT2D eigenvalue weighted by Crippen LogP contribution is -2.15. The van der Waals surface area contributed by atoms with Crippen LogP contribution in [0.5, 0.6) is 11.5 Å². The fourth-order valence-electron chi connectivity index (χ4n) is 2.15. The summed E-state index contributed by atoms with van der Waals surface area (Å²) in [6.07, 6.45) is 4.50. The van der Waals surface area contributed by atoms with Gasteiger partial charge in [0.25, 0.3) is 0 Å². The van der Waals surface area contributed by atoms with Gasteiger partial charge in [-0.15, -0.1) is 0 Å². The van der Waals surface area contributed by atoms with E-state index in [0.29, 0.717) is 6.54 Å². The second-order valence-electron chi connectivity index (χ2n) is 4.64. The van der Waals surface area contributed by atoms with Crippen molar-refractivity contribution in [2.24, 2.45) is 5.73 Å². The SMILES string of the molecule is CC[C@@H](N)c1cncn1Cc1ccc(OC)cc1OC. The van der Waals surface area contributed by atoms with Crippen LogP contribution in [-0.4, -0.2) is 23.8 Å². The zero-order valence-corrected chi connectivity index (χ0v) is 12.2. The van der Waals surface area contributed by atoms with Crippen LogP contribution < -0.4 is 15.2 Å². The van der Waals surface area contributed by atoms with Crippen LogP contribution >= 0.6 is 0 Å². The summed E-state index contributed by atoms with van der Waals surface area (Å²) in [5.41, 5.74) is 8.20. The molecule has 0 aliphatic carbocycles. The molecule has 0 saturated carbocycles. The van der Waals surface area contributed by atoms with Crippen molar-refractivity contribution in [3.63, 3.8) is 0 Å². The van der Waals surface area contributed by atoms with E-state index in [1.54, 1.807) is 20.5 Å². The Morgan fingerprint density at radius 3 is 2.75 bits per heavy atom. The molecule has 2 aromatic rings. The maximum absolute atomic E-state index is 6.10. The number of nitrogens with zero attached hydrogens (tertiary/aromatic N) is 2. The van der Waals surface area contributed by atoms with Gasteiger partial charge in [0.1, 0.15) is 11.5 Å². The lowest BCUT2D eigenvalue weighted by Gasteiger charge is -2.15. The van der Waals surface area contributed by atoms with Crippen molar-refractivity contribution in [2.75, 3.05) is 14.2 Å². The minimum absolute atomic E-state index is 0.00161. The Balaban J connectivity index is 2.28. The Morgan fingerprint density at radius 2 is 2.10 bits per heavy atom.